The first-order valence-corrected chi connectivity index (χ1v) is 7.37. The number of carbonyl (C=O) groups is 4. The Kier molecular flexibility index (Phi) is 7.34. The third-order valence-corrected chi connectivity index (χ3v) is 3.57. The van der Waals surface area contributed by atoms with Crippen LogP contribution in [-0.4, -0.2) is 35.8 Å². The summed E-state index contributed by atoms with van der Waals surface area (Å²) in [5, 5.41) is 26.1. The van der Waals surface area contributed by atoms with Crippen molar-refractivity contribution in [2.24, 2.45) is 0 Å². The van der Waals surface area contributed by atoms with Crippen LogP contribution < -0.4 is 20.8 Å². The third kappa shape index (κ3) is 7.05. The molecular formula is C14H20N2O6-2. The van der Waals surface area contributed by atoms with Crippen molar-refractivity contribution in [2.45, 2.75) is 63.5 Å². The highest BCUT2D eigenvalue weighted by atomic mass is 16.4. The molecule has 2 amide bonds. The molecule has 0 aromatic rings. The molecule has 0 saturated heterocycles. The van der Waals surface area contributed by atoms with Gasteiger partial charge in [0.1, 0.15) is 0 Å². The number of hydrogen-bond acceptors (Lipinski definition) is 6. The van der Waals surface area contributed by atoms with Gasteiger partial charge in [0, 0.05) is 36.9 Å². The van der Waals surface area contributed by atoms with Gasteiger partial charge in [-0.15, -0.1) is 0 Å². The summed E-state index contributed by atoms with van der Waals surface area (Å²) < 4.78 is 0. The zero-order valence-electron chi connectivity index (χ0n) is 12.3. The molecule has 0 bridgehead atoms. The summed E-state index contributed by atoms with van der Waals surface area (Å²) in [6, 6.07) is -0.537. The van der Waals surface area contributed by atoms with Crippen molar-refractivity contribution in [3.05, 3.63) is 0 Å². The van der Waals surface area contributed by atoms with E-state index in [-0.39, 0.29) is 37.8 Å². The zero-order valence-corrected chi connectivity index (χ0v) is 12.3. The maximum atomic E-state index is 11.7. The van der Waals surface area contributed by atoms with Crippen LogP contribution in [0.5, 0.6) is 0 Å². The molecule has 0 spiro atoms. The summed E-state index contributed by atoms with van der Waals surface area (Å²) in [5.74, 6) is -3.37. The fourth-order valence-electron chi connectivity index (χ4n) is 2.47. The Bertz CT molecular complexity index is 397. The maximum absolute atomic E-state index is 11.7. The quantitative estimate of drug-likeness (QED) is 0.512. The lowest BCUT2D eigenvalue weighted by atomic mass is 9.90. The van der Waals surface area contributed by atoms with Crippen LogP contribution in [0, 0.1) is 0 Å². The van der Waals surface area contributed by atoms with Gasteiger partial charge in [0.15, 0.2) is 0 Å². The second-order valence-electron chi connectivity index (χ2n) is 5.38. The molecule has 0 unspecified atom stereocenters. The van der Waals surface area contributed by atoms with E-state index >= 15 is 0 Å². The van der Waals surface area contributed by atoms with Crippen molar-refractivity contribution in [2.75, 3.05) is 0 Å². The number of nitrogens with one attached hydrogen (secondary N) is 2. The van der Waals surface area contributed by atoms with E-state index in [9.17, 15) is 29.4 Å². The predicted molar refractivity (Wildman–Crippen MR) is 70.8 cm³/mol. The van der Waals surface area contributed by atoms with Crippen LogP contribution in [0.3, 0.4) is 0 Å². The highest BCUT2D eigenvalue weighted by Crippen LogP contribution is 2.19. The Morgan fingerprint density at radius 2 is 1.09 bits per heavy atom. The largest absolute Gasteiger partial charge is 0.550 e. The molecule has 1 aliphatic rings. The zero-order chi connectivity index (χ0) is 16.5. The second-order valence-corrected chi connectivity index (χ2v) is 5.38. The average Bonchev–Trinajstić information content (AvgIpc) is 2.45. The SMILES string of the molecule is O=C([O-])CCC(=O)N[C@H]1CCCC[C@H]1NC(=O)CCC(=O)[O-]. The van der Waals surface area contributed by atoms with Gasteiger partial charge in [0.2, 0.25) is 11.8 Å². The summed E-state index contributed by atoms with van der Waals surface area (Å²) in [4.78, 5) is 44.0. The van der Waals surface area contributed by atoms with E-state index in [0.29, 0.717) is 12.8 Å². The van der Waals surface area contributed by atoms with Crippen LogP contribution in [0.1, 0.15) is 51.4 Å². The molecule has 1 rings (SSSR count). The van der Waals surface area contributed by atoms with Gasteiger partial charge in [0.05, 0.1) is 0 Å². The van der Waals surface area contributed by atoms with Gasteiger partial charge in [-0.05, 0) is 25.7 Å². The van der Waals surface area contributed by atoms with E-state index in [4.69, 9.17) is 0 Å². The summed E-state index contributed by atoms with van der Waals surface area (Å²) in [6.07, 6.45) is 2.15. The fraction of sp³-hybridized carbons (Fsp3) is 0.714. The topological polar surface area (TPSA) is 138 Å². The van der Waals surface area contributed by atoms with E-state index < -0.39 is 23.8 Å². The Morgan fingerprint density at radius 3 is 1.41 bits per heavy atom. The minimum atomic E-state index is -1.29. The molecule has 124 valence electrons. The lowest BCUT2D eigenvalue weighted by Crippen LogP contribution is -2.53. The number of carbonyl (C=O) groups excluding carboxylic acids is 4. The first-order valence-electron chi connectivity index (χ1n) is 7.37. The van der Waals surface area contributed by atoms with Gasteiger partial charge < -0.3 is 30.4 Å². The van der Waals surface area contributed by atoms with Crippen molar-refractivity contribution in [3.8, 4) is 0 Å². The molecule has 0 aliphatic heterocycles. The summed E-state index contributed by atoms with van der Waals surface area (Å²) in [6.45, 7) is 0. The summed E-state index contributed by atoms with van der Waals surface area (Å²) in [5.41, 5.74) is 0. The fourth-order valence-corrected chi connectivity index (χ4v) is 2.47. The molecule has 0 heterocycles. The van der Waals surface area contributed by atoms with Crippen molar-refractivity contribution < 1.29 is 29.4 Å². The molecule has 2 N–H and O–H groups in total. The van der Waals surface area contributed by atoms with Crippen molar-refractivity contribution in [3.63, 3.8) is 0 Å². The third-order valence-electron chi connectivity index (χ3n) is 3.57. The van der Waals surface area contributed by atoms with Crippen LogP contribution in [0.4, 0.5) is 0 Å². The van der Waals surface area contributed by atoms with Gasteiger partial charge in [-0.2, -0.15) is 0 Å². The molecule has 2 atom stereocenters. The van der Waals surface area contributed by atoms with Gasteiger partial charge >= 0.3 is 0 Å². The number of carboxylic acid groups (broad SMARTS) is 2. The molecule has 1 fully saturated rings. The van der Waals surface area contributed by atoms with Crippen LogP contribution in [0.2, 0.25) is 0 Å². The number of amides is 2. The Morgan fingerprint density at radius 1 is 0.727 bits per heavy atom. The van der Waals surface area contributed by atoms with E-state index in [1.54, 1.807) is 0 Å². The molecule has 1 saturated carbocycles. The van der Waals surface area contributed by atoms with E-state index in [1.807, 2.05) is 0 Å². The van der Waals surface area contributed by atoms with Gasteiger partial charge in [0.25, 0.3) is 0 Å². The maximum Gasteiger partial charge on any atom is 0.220 e. The number of rotatable bonds is 8. The smallest absolute Gasteiger partial charge is 0.220 e. The van der Waals surface area contributed by atoms with Crippen LogP contribution in [-0.2, 0) is 19.2 Å². The van der Waals surface area contributed by atoms with Gasteiger partial charge in [-0.1, -0.05) is 12.8 Å². The lowest BCUT2D eigenvalue weighted by molar-refractivity contribution is -0.307. The standard InChI is InChI=1S/C14H22N2O6/c17-11(5-7-13(19)20)15-9-3-1-2-4-10(9)16-12(18)6-8-14(21)22/h9-10H,1-8H2,(H,15,17)(H,16,18)(H,19,20)(H,21,22)/p-2/t9-,10+. The van der Waals surface area contributed by atoms with Crippen LogP contribution in [0.25, 0.3) is 0 Å². The molecule has 0 aromatic carbocycles. The normalized spacial score (nSPS) is 20.9. The highest BCUT2D eigenvalue weighted by molar-refractivity contribution is 5.81. The molecule has 1 aliphatic carbocycles. The number of carboxylic acids is 2. The molecule has 8 nitrogen and oxygen atoms in total. The minimum absolute atomic E-state index is 0.163. The Hall–Kier alpha value is -2.12. The first-order chi connectivity index (χ1) is 10.4. The Balaban J connectivity index is 2.45. The van der Waals surface area contributed by atoms with Crippen molar-refractivity contribution in [1.82, 2.24) is 10.6 Å². The minimum Gasteiger partial charge on any atom is -0.550 e. The van der Waals surface area contributed by atoms with Crippen LogP contribution in [0.15, 0.2) is 0 Å². The molecule has 8 heteroatoms. The second kappa shape index (κ2) is 9.01. The molecule has 0 aromatic heterocycles. The van der Waals surface area contributed by atoms with Gasteiger partial charge in [-0.25, -0.2) is 0 Å². The summed E-state index contributed by atoms with van der Waals surface area (Å²) in [7, 11) is 0. The van der Waals surface area contributed by atoms with Crippen LogP contribution >= 0.6 is 0 Å². The van der Waals surface area contributed by atoms with E-state index in [1.165, 1.54) is 0 Å². The molecule has 22 heavy (non-hydrogen) atoms. The van der Waals surface area contributed by atoms with E-state index in [0.717, 1.165) is 12.8 Å². The monoisotopic (exact) mass is 312 g/mol. The number of aliphatic carboxylic acids is 2. The lowest BCUT2D eigenvalue weighted by Gasteiger charge is -2.33. The van der Waals surface area contributed by atoms with Gasteiger partial charge in [-0.3, -0.25) is 9.59 Å². The predicted octanol–water partition coefficient (Wildman–Crippen LogP) is -2.41. The number of hydrogen-bond donors (Lipinski definition) is 2. The summed E-state index contributed by atoms with van der Waals surface area (Å²) >= 11 is 0. The molecular weight excluding hydrogens is 292 g/mol. The Labute approximate surface area is 128 Å². The van der Waals surface area contributed by atoms with E-state index in [2.05, 4.69) is 10.6 Å². The average molecular weight is 312 g/mol. The highest BCUT2D eigenvalue weighted by Gasteiger charge is 2.27. The molecule has 0 radical (unpaired) electrons. The van der Waals surface area contributed by atoms with Crippen molar-refractivity contribution >= 4 is 23.8 Å². The first kappa shape index (κ1) is 17.9. The van der Waals surface area contributed by atoms with Crippen molar-refractivity contribution in [1.29, 1.82) is 0 Å².